The van der Waals surface area contributed by atoms with Crippen LogP contribution in [0.2, 0.25) is 0 Å². The number of rotatable bonds is 0. The van der Waals surface area contributed by atoms with Gasteiger partial charge in [-0.2, -0.15) is 0 Å². The molecule has 0 amide bonds. The predicted molar refractivity (Wildman–Crippen MR) is 52.1 cm³/mol. The number of fused-ring (bicyclic) bond motifs is 1. The van der Waals surface area contributed by atoms with E-state index in [2.05, 4.69) is 12.2 Å². The van der Waals surface area contributed by atoms with Crippen LogP contribution in [0.25, 0.3) is 0 Å². The molecule has 1 heterocycles. The van der Waals surface area contributed by atoms with Crippen molar-refractivity contribution >= 4 is 0 Å². The van der Waals surface area contributed by atoms with E-state index >= 15 is 0 Å². The molecule has 12 heavy (non-hydrogen) atoms. The molecular formula is C11H21N. The van der Waals surface area contributed by atoms with E-state index in [0.717, 1.165) is 17.8 Å². The Kier molecular flexibility index (Phi) is 2.69. The third-order valence-electron chi connectivity index (χ3n) is 3.83. The fraction of sp³-hybridized carbons (Fsp3) is 1.00. The number of hydrogen-bond donors (Lipinski definition) is 1. The molecule has 1 saturated carbocycles. The highest BCUT2D eigenvalue weighted by Gasteiger charge is 2.27. The molecule has 2 aliphatic rings. The quantitative estimate of drug-likeness (QED) is 0.584. The fourth-order valence-electron chi connectivity index (χ4n) is 2.84. The van der Waals surface area contributed by atoms with Crippen LogP contribution in [0.15, 0.2) is 0 Å². The molecule has 1 aliphatic heterocycles. The lowest BCUT2D eigenvalue weighted by Gasteiger charge is -2.30. The molecule has 1 N–H and O–H groups in total. The first kappa shape index (κ1) is 8.55. The molecule has 0 aromatic heterocycles. The van der Waals surface area contributed by atoms with Crippen LogP contribution in [-0.4, -0.2) is 13.1 Å². The zero-order valence-corrected chi connectivity index (χ0v) is 8.18. The van der Waals surface area contributed by atoms with E-state index in [1.54, 1.807) is 0 Å². The van der Waals surface area contributed by atoms with Crippen molar-refractivity contribution in [1.82, 2.24) is 5.32 Å². The second kappa shape index (κ2) is 3.78. The number of hydrogen-bond acceptors (Lipinski definition) is 1. The lowest BCUT2D eigenvalue weighted by Crippen LogP contribution is -2.35. The van der Waals surface area contributed by atoms with Gasteiger partial charge in [-0.25, -0.2) is 0 Å². The monoisotopic (exact) mass is 167 g/mol. The molecule has 3 atom stereocenters. The maximum Gasteiger partial charge on any atom is -0.00179 e. The molecule has 1 saturated heterocycles. The lowest BCUT2D eigenvalue weighted by molar-refractivity contribution is 0.241. The van der Waals surface area contributed by atoms with Crippen molar-refractivity contribution in [2.45, 2.75) is 39.0 Å². The smallest absolute Gasteiger partial charge is 0.00179 e. The van der Waals surface area contributed by atoms with E-state index in [4.69, 9.17) is 0 Å². The number of piperidine rings is 1. The summed E-state index contributed by atoms with van der Waals surface area (Å²) in [4.78, 5) is 0. The van der Waals surface area contributed by atoms with Crippen molar-refractivity contribution in [2.24, 2.45) is 17.8 Å². The zero-order chi connectivity index (χ0) is 8.39. The highest BCUT2D eigenvalue weighted by Crippen LogP contribution is 2.34. The largest absolute Gasteiger partial charge is 0.316 e. The summed E-state index contributed by atoms with van der Waals surface area (Å²) in [6, 6.07) is 0. The van der Waals surface area contributed by atoms with Crippen molar-refractivity contribution < 1.29 is 0 Å². The molecule has 1 nitrogen and oxygen atoms in total. The van der Waals surface area contributed by atoms with E-state index in [-0.39, 0.29) is 0 Å². The summed E-state index contributed by atoms with van der Waals surface area (Å²) in [5.41, 5.74) is 0. The molecule has 1 heteroatoms. The van der Waals surface area contributed by atoms with Crippen molar-refractivity contribution in [2.75, 3.05) is 13.1 Å². The van der Waals surface area contributed by atoms with Crippen molar-refractivity contribution in [1.29, 1.82) is 0 Å². The van der Waals surface area contributed by atoms with Crippen LogP contribution in [0.1, 0.15) is 39.0 Å². The van der Waals surface area contributed by atoms with Crippen molar-refractivity contribution in [3.8, 4) is 0 Å². The van der Waals surface area contributed by atoms with E-state index < -0.39 is 0 Å². The minimum absolute atomic E-state index is 0.996. The maximum absolute atomic E-state index is 3.53. The molecule has 0 radical (unpaired) electrons. The predicted octanol–water partition coefficient (Wildman–Crippen LogP) is 2.42. The molecule has 70 valence electrons. The lowest BCUT2D eigenvalue weighted by atomic mass is 9.83. The van der Waals surface area contributed by atoms with Gasteiger partial charge in [-0.3, -0.25) is 0 Å². The fourth-order valence-corrected chi connectivity index (χ4v) is 2.84. The average Bonchev–Trinajstić information content (AvgIpc) is 2.29. The van der Waals surface area contributed by atoms with E-state index in [0.29, 0.717) is 0 Å². The first-order valence-corrected chi connectivity index (χ1v) is 5.57. The summed E-state index contributed by atoms with van der Waals surface area (Å²) < 4.78 is 0. The highest BCUT2D eigenvalue weighted by molar-refractivity contribution is 4.81. The Morgan fingerprint density at radius 2 is 1.67 bits per heavy atom. The molecule has 0 bridgehead atoms. The van der Waals surface area contributed by atoms with Crippen LogP contribution in [0, 0.1) is 17.8 Å². The van der Waals surface area contributed by atoms with Crippen LogP contribution in [-0.2, 0) is 0 Å². The molecule has 2 rings (SSSR count). The average molecular weight is 167 g/mol. The summed E-state index contributed by atoms with van der Waals surface area (Å²) in [6.45, 7) is 5.00. The van der Waals surface area contributed by atoms with Crippen molar-refractivity contribution in [3.63, 3.8) is 0 Å². The van der Waals surface area contributed by atoms with Gasteiger partial charge in [-0.15, -0.1) is 0 Å². The summed E-state index contributed by atoms with van der Waals surface area (Å²) in [5.74, 6) is 3.08. The molecule has 0 aromatic rings. The summed E-state index contributed by atoms with van der Waals surface area (Å²) >= 11 is 0. The van der Waals surface area contributed by atoms with Gasteiger partial charge >= 0.3 is 0 Å². The first-order chi connectivity index (χ1) is 5.86. The van der Waals surface area contributed by atoms with Gasteiger partial charge in [-0.1, -0.05) is 19.8 Å². The zero-order valence-electron chi connectivity index (χ0n) is 8.18. The Morgan fingerprint density at radius 1 is 0.917 bits per heavy atom. The molecular weight excluding hydrogens is 146 g/mol. The van der Waals surface area contributed by atoms with Crippen LogP contribution >= 0.6 is 0 Å². The SMILES string of the molecule is CC1CCC2CCNCC2CC1. The maximum atomic E-state index is 3.53. The van der Waals surface area contributed by atoms with Gasteiger partial charge in [0.05, 0.1) is 0 Å². The third-order valence-corrected chi connectivity index (χ3v) is 3.83. The van der Waals surface area contributed by atoms with E-state index in [1.807, 2.05) is 0 Å². The van der Waals surface area contributed by atoms with Gasteiger partial charge in [0.1, 0.15) is 0 Å². The standard InChI is InChI=1S/C11H21N/c1-9-2-4-10-6-7-12-8-11(10)5-3-9/h9-12H,2-8H2,1H3. The third kappa shape index (κ3) is 1.82. The van der Waals surface area contributed by atoms with E-state index in [1.165, 1.54) is 45.2 Å². The Hall–Kier alpha value is -0.0400. The van der Waals surface area contributed by atoms with E-state index in [9.17, 15) is 0 Å². The molecule has 2 fully saturated rings. The second-order valence-corrected chi connectivity index (χ2v) is 4.77. The summed E-state index contributed by atoms with van der Waals surface area (Å²) in [5, 5.41) is 3.53. The van der Waals surface area contributed by atoms with Crippen LogP contribution < -0.4 is 5.32 Å². The first-order valence-electron chi connectivity index (χ1n) is 5.57. The highest BCUT2D eigenvalue weighted by atomic mass is 14.9. The summed E-state index contributed by atoms with van der Waals surface area (Å²) in [6.07, 6.45) is 7.40. The summed E-state index contributed by atoms with van der Waals surface area (Å²) in [7, 11) is 0. The Bertz CT molecular complexity index is 128. The van der Waals surface area contributed by atoms with Gasteiger partial charge in [0.25, 0.3) is 0 Å². The van der Waals surface area contributed by atoms with Gasteiger partial charge < -0.3 is 5.32 Å². The molecule has 3 unspecified atom stereocenters. The molecule has 0 aromatic carbocycles. The van der Waals surface area contributed by atoms with Gasteiger partial charge in [-0.05, 0) is 50.1 Å². The van der Waals surface area contributed by atoms with Crippen LogP contribution in [0.5, 0.6) is 0 Å². The molecule has 1 aliphatic carbocycles. The number of nitrogens with one attached hydrogen (secondary N) is 1. The van der Waals surface area contributed by atoms with Crippen molar-refractivity contribution in [3.05, 3.63) is 0 Å². The van der Waals surface area contributed by atoms with Crippen LogP contribution in [0.4, 0.5) is 0 Å². The minimum atomic E-state index is 0.996. The molecule has 0 spiro atoms. The topological polar surface area (TPSA) is 12.0 Å². The Balaban J connectivity index is 1.94. The normalized spacial score (nSPS) is 43.2. The van der Waals surface area contributed by atoms with Gasteiger partial charge in [0.2, 0.25) is 0 Å². The van der Waals surface area contributed by atoms with Crippen LogP contribution in [0.3, 0.4) is 0 Å². The minimum Gasteiger partial charge on any atom is -0.316 e. The van der Waals surface area contributed by atoms with Gasteiger partial charge in [0.15, 0.2) is 0 Å². The Morgan fingerprint density at radius 3 is 2.50 bits per heavy atom. The second-order valence-electron chi connectivity index (χ2n) is 4.77. The Labute approximate surface area is 75.9 Å². The van der Waals surface area contributed by atoms with Gasteiger partial charge in [0, 0.05) is 0 Å².